The Morgan fingerprint density at radius 2 is 1.85 bits per heavy atom. The van der Waals surface area contributed by atoms with Gasteiger partial charge in [-0.05, 0) is 88.4 Å². The zero-order valence-corrected chi connectivity index (χ0v) is 23.4. The van der Waals surface area contributed by atoms with Gasteiger partial charge in [-0.3, -0.25) is 10.00 Å². The Hall–Kier alpha value is -3.30. The fourth-order valence-electron chi connectivity index (χ4n) is 6.89. The van der Waals surface area contributed by atoms with Crippen molar-refractivity contribution in [2.24, 2.45) is 0 Å². The van der Waals surface area contributed by atoms with Crippen molar-refractivity contribution in [3.8, 4) is 17.1 Å². The van der Waals surface area contributed by atoms with Crippen LogP contribution in [0.5, 0.6) is 6.01 Å². The minimum atomic E-state index is -0.554. The molecule has 40 heavy (non-hydrogen) atoms. The maximum Gasteiger partial charge on any atom is 0.319 e. The van der Waals surface area contributed by atoms with E-state index in [1.165, 1.54) is 0 Å². The van der Waals surface area contributed by atoms with Crippen LogP contribution in [0.1, 0.15) is 43.2 Å². The molecule has 208 valence electrons. The lowest BCUT2D eigenvalue weighted by atomic mass is 9.92. The second-order valence-corrected chi connectivity index (χ2v) is 11.8. The molecule has 2 aromatic heterocycles. The van der Waals surface area contributed by atoms with Crippen LogP contribution in [0.3, 0.4) is 0 Å². The molecular formula is C30H31ClF2N6O. The first-order valence-corrected chi connectivity index (χ1v) is 14.3. The number of ether oxygens (including phenoxy) is 1. The van der Waals surface area contributed by atoms with Crippen molar-refractivity contribution in [2.75, 3.05) is 37.7 Å². The van der Waals surface area contributed by atoms with Gasteiger partial charge in [-0.1, -0.05) is 11.6 Å². The van der Waals surface area contributed by atoms with Crippen LogP contribution in [-0.4, -0.2) is 63.4 Å². The number of nitrogens with one attached hydrogen (secondary N) is 1. The minimum Gasteiger partial charge on any atom is -0.461 e. The Bertz CT molecular complexity index is 1670. The molecule has 7 nitrogen and oxygen atoms in total. The van der Waals surface area contributed by atoms with Crippen molar-refractivity contribution < 1.29 is 13.5 Å². The molecule has 3 aliphatic rings. The number of fused-ring (bicyclic) bond motifs is 3. The highest BCUT2D eigenvalue weighted by Gasteiger charge is 2.45. The molecule has 1 N–H and O–H groups in total. The lowest BCUT2D eigenvalue weighted by molar-refractivity contribution is 0.108. The van der Waals surface area contributed by atoms with Gasteiger partial charge in [0.1, 0.15) is 23.8 Å². The first kappa shape index (κ1) is 25.7. The van der Waals surface area contributed by atoms with E-state index in [1.807, 2.05) is 24.8 Å². The second kappa shape index (κ2) is 9.66. The van der Waals surface area contributed by atoms with E-state index in [4.69, 9.17) is 21.3 Å². The minimum absolute atomic E-state index is 0.0201. The summed E-state index contributed by atoms with van der Waals surface area (Å²) in [6, 6.07) is 3.80. The summed E-state index contributed by atoms with van der Waals surface area (Å²) in [5, 5.41) is 8.62. The third-order valence-corrected chi connectivity index (χ3v) is 9.34. The monoisotopic (exact) mass is 564 g/mol. The van der Waals surface area contributed by atoms with Gasteiger partial charge in [0, 0.05) is 28.4 Å². The number of aromatic nitrogens is 4. The molecule has 0 amide bonds. The molecule has 2 saturated heterocycles. The molecule has 0 spiro atoms. The Morgan fingerprint density at radius 3 is 2.62 bits per heavy atom. The van der Waals surface area contributed by atoms with Gasteiger partial charge >= 0.3 is 6.01 Å². The number of aryl methyl sites for hydroxylation is 1. The van der Waals surface area contributed by atoms with E-state index >= 15 is 4.39 Å². The van der Waals surface area contributed by atoms with Crippen LogP contribution < -0.4 is 9.64 Å². The average Bonchev–Trinajstić information content (AvgIpc) is 3.65. The fourth-order valence-corrected chi connectivity index (χ4v) is 7.18. The topological polar surface area (TPSA) is 70.2 Å². The highest BCUT2D eigenvalue weighted by Crippen LogP contribution is 2.44. The summed E-state index contributed by atoms with van der Waals surface area (Å²) in [5.74, 6) is -0.369. The van der Waals surface area contributed by atoms with E-state index in [0.29, 0.717) is 36.3 Å². The number of hydrogen-bond donors (Lipinski definition) is 1. The van der Waals surface area contributed by atoms with E-state index in [0.717, 1.165) is 60.8 Å². The first-order chi connectivity index (χ1) is 19.3. The van der Waals surface area contributed by atoms with Crippen molar-refractivity contribution >= 4 is 39.2 Å². The maximum absolute atomic E-state index is 16.7. The van der Waals surface area contributed by atoms with E-state index in [9.17, 15) is 4.39 Å². The molecule has 0 bridgehead atoms. The predicted molar refractivity (Wildman–Crippen MR) is 153 cm³/mol. The van der Waals surface area contributed by atoms with Crippen molar-refractivity contribution in [2.45, 2.75) is 51.5 Å². The molecule has 0 atom stereocenters. The number of H-pyrrole nitrogens is 1. The normalized spacial score (nSPS) is 19.0. The van der Waals surface area contributed by atoms with Crippen LogP contribution in [0, 0.1) is 19.7 Å². The predicted octanol–water partition coefficient (Wildman–Crippen LogP) is 6.65. The number of halogens is 3. The lowest BCUT2D eigenvalue weighted by Crippen LogP contribution is -2.43. The molecule has 0 radical (unpaired) electrons. The smallest absolute Gasteiger partial charge is 0.319 e. The Morgan fingerprint density at radius 1 is 1.05 bits per heavy atom. The van der Waals surface area contributed by atoms with Gasteiger partial charge in [-0.15, -0.1) is 0 Å². The zero-order chi connectivity index (χ0) is 27.6. The van der Waals surface area contributed by atoms with Crippen LogP contribution in [0.4, 0.5) is 14.6 Å². The van der Waals surface area contributed by atoms with Gasteiger partial charge in [0.05, 0.1) is 28.8 Å². The number of anilines is 1. The summed E-state index contributed by atoms with van der Waals surface area (Å²) in [6.45, 7) is 7.12. The molecular weight excluding hydrogens is 534 g/mol. The van der Waals surface area contributed by atoms with Gasteiger partial charge in [-0.25, -0.2) is 8.78 Å². The van der Waals surface area contributed by atoms with E-state index in [2.05, 4.69) is 20.1 Å². The SMILES string of the molecule is Cc1cc2[nH]ncc2c(-c2c(Cl)cc3c(N4CCC=C(F)C4)nc(OCC45CCCN4CCC5)nc3c2F)c1C. The highest BCUT2D eigenvalue weighted by atomic mass is 35.5. The van der Waals surface area contributed by atoms with Gasteiger partial charge in [0.25, 0.3) is 0 Å². The van der Waals surface area contributed by atoms with Crippen LogP contribution in [0.15, 0.2) is 30.2 Å². The van der Waals surface area contributed by atoms with Crippen molar-refractivity contribution in [3.63, 3.8) is 0 Å². The summed E-state index contributed by atoms with van der Waals surface area (Å²) >= 11 is 6.85. The Kier molecular flexibility index (Phi) is 6.20. The van der Waals surface area contributed by atoms with Crippen molar-refractivity contribution in [1.29, 1.82) is 0 Å². The molecule has 4 aromatic rings. The third kappa shape index (κ3) is 4.05. The summed E-state index contributed by atoms with van der Waals surface area (Å²) in [6.07, 6.45) is 8.21. The molecule has 0 unspecified atom stereocenters. The van der Waals surface area contributed by atoms with E-state index in [1.54, 1.807) is 18.3 Å². The molecule has 0 saturated carbocycles. The third-order valence-electron chi connectivity index (χ3n) is 9.05. The molecule has 2 aromatic carbocycles. The van der Waals surface area contributed by atoms with Crippen LogP contribution >= 0.6 is 11.6 Å². The maximum atomic E-state index is 16.7. The molecule has 5 heterocycles. The molecule has 7 rings (SSSR count). The number of rotatable bonds is 5. The van der Waals surface area contributed by atoms with Gasteiger partial charge in [0.15, 0.2) is 5.82 Å². The lowest BCUT2D eigenvalue weighted by Gasteiger charge is -2.31. The van der Waals surface area contributed by atoms with Gasteiger partial charge in [0.2, 0.25) is 0 Å². The van der Waals surface area contributed by atoms with Crippen molar-refractivity contribution in [3.05, 3.63) is 52.2 Å². The summed E-state index contributed by atoms with van der Waals surface area (Å²) < 4.78 is 37.4. The average molecular weight is 565 g/mol. The standard InChI is InChI=1S/C30H31ClF2N6O/c1-17-12-23-21(14-34-37-23)24(18(17)2)25-22(31)13-20-27(26(25)33)35-29(36-28(20)38-9-3-6-19(32)15-38)40-16-30-7-4-10-39(30)11-5-8-30/h6,12-14H,3-5,7-11,15-16H2,1-2H3,(H,34,37). The van der Waals surface area contributed by atoms with E-state index < -0.39 is 5.82 Å². The summed E-state index contributed by atoms with van der Waals surface area (Å²) in [5.41, 5.74) is 3.72. The molecule has 3 aliphatic heterocycles. The molecule has 0 aliphatic carbocycles. The Labute approximate surface area is 236 Å². The largest absolute Gasteiger partial charge is 0.461 e. The number of aromatic amines is 1. The van der Waals surface area contributed by atoms with Crippen LogP contribution in [-0.2, 0) is 0 Å². The van der Waals surface area contributed by atoms with Crippen LogP contribution in [0.2, 0.25) is 5.02 Å². The van der Waals surface area contributed by atoms with Crippen LogP contribution in [0.25, 0.3) is 32.9 Å². The zero-order valence-electron chi connectivity index (χ0n) is 22.7. The van der Waals surface area contributed by atoms with Gasteiger partial charge < -0.3 is 9.64 Å². The quantitative estimate of drug-likeness (QED) is 0.292. The highest BCUT2D eigenvalue weighted by molar-refractivity contribution is 6.35. The summed E-state index contributed by atoms with van der Waals surface area (Å²) in [7, 11) is 0. The van der Waals surface area contributed by atoms with Crippen molar-refractivity contribution in [1.82, 2.24) is 25.1 Å². The molecule has 2 fully saturated rings. The van der Waals surface area contributed by atoms with E-state index in [-0.39, 0.29) is 40.0 Å². The van der Waals surface area contributed by atoms with Gasteiger partial charge in [-0.2, -0.15) is 15.1 Å². The first-order valence-electron chi connectivity index (χ1n) is 14.0. The second-order valence-electron chi connectivity index (χ2n) is 11.4. The summed E-state index contributed by atoms with van der Waals surface area (Å²) in [4.78, 5) is 13.7. The molecule has 10 heteroatoms. The number of nitrogens with zero attached hydrogens (tertiary/aromatic N) is 5. The Balaban J connectivity index is 1.40. The fraction of sp³-hybridized carbons (Fsp3) is 0.433. The number of benzene rings is 2. The number of hydrogen-bond acceptors (Lipinski definition) is 6.